The number of hydrogen-bond donors (Lipinski definition) is 0. The lowest BCUT2D eigenvalue weighted by molar-refractivity contribution is 0.0197. The molecule has 90 valence electrons. The van der Waals surface area contributed by atoms with Gasteiger partial charge in [-0.05, 0) is 33.7 Å². The van der Waals surface area contributed by atoms with Crippen LogP contribution in [0.5, 0.6) is 0 Å². The van der Waals surface area contributed by atoms with Crippen LogP contribution in [-0.2, 0) is 9.84 Å². The number of nitrogens with zero attached hydrogens (tertiary/aromatic N) is 1. The Balaban J connectivity index is 3.20. The van der Waals surface area contributed by atoms with E-state index in [9.17, 15) is 8.42 Å². The first-order chi connectivity index (χ1) is 6.51. The molecule has 1 fully saturated rings. The molecule has 0 aromatic carbocycles. The van der Waals surface area contributed by atoms with Crippen LogP contribution in [0.15, 0.2) is 0 Å². The molecule has 1 atom stereocenters. The molecular weight excluding hydrogens is 210 g/mol. The maximum atomic E-state index is 11.9. The van der Waals surface area contributed by atoms with E-state index in [0.29, 0.717) is 5.92 Å². The van der Waals surface area contributed by atoms with E-state index in [4.69, 9.17) is 0 Å². The smallest absolute Gasteiger partial charge is 0.153 e. The van der Waals surface area contributed by atoms with Crippen molar-refractivity contribution < 1.29 is 8.42 Å². The Morgan fingerprint density at radius 2 is 1.60 bits per heavy atom. The molecule has 1 aliphatic rings. The van der Waals surface area contributed by atoms with Crippen molar-refractivity contribution in [3.63, 3.8) is 0 Å². The summed E-state index contributed by atoms with van der Waals surface area (Å²) in [7, 11) is -0.881. The van der Waals surface area contributed by atoms with Crippen LogP contribution in [0.25, 0.3) is 0 Å². The highest BCUT2D eigenvalue weighted by molar-refractivity contribution is 7.91. The van der Waals surface area contributed by atoms with Gasteiger partial charge in [0.25, 0.3) is 0 Å². The van der Waals surface area contributed by atoms with Crippen molar-refractivity contribution in [2.45, 2.75) is 45.7 Å². The van der Waals surface area contributed by atoms with Crippen molar-refractivity contribution >= 4 is 9.84 Å². The van der Waals surface area contributed by atoms with E-state index < -0.39 is 9.84 Å². The third-order valence-corrected chi connectivity index (χ3v) is 6.17. The Hall–Kier alpha value is -0.0900. The van der Waals surface area contributed by atoms with Crippen LogP contribution >= 0.6 is 0 Å². The zero-order valence-corrected chi connectivity index (χ0v) is 11.5. The fourth-order valence-corrected chi connectivity index (χ4v) is 5.26. The van der Waals surface area contributed by atoms with Crippen molar-refractivity contribution in [1.82, 2.24) is 4.90 Å². The minimum absolute atomic E-state index is 0.249. The number of sulfone groups is 1. The Bertz CT molecular complexity index is 346. The van der Waals surface area contributed by atoms with Gasteiger partial charge in [-0.1, -0.05) is 13.8 Å². The lowest BCUT2D eigenvalue weighted by atomic mass is 9.85. The number of rotatable bonds is 1. The standard InChI is InChI=1S/C11H23NO2S/c1-9(2)11(5)8-15(13,14)7-10(3,4)12(11)6/h9H,7-8H2,1-6H3. The van der Waals surface area contributed by atoms with Gasteiger partial charge < -0.3 is 0 Å². The van der Waals surface area contributed by atoms with Crippen molar-refractivity contribution in [2.24, 2.45) is 5.92 Å². The molecule has 1 saturated heterocycles. The van der Waals surface area contributed by atoms with E-state index in [1.54, 1.807) is 0 Å². The van der Waals surface area contributed by atoms with E-state index in [2.05, 4.69) is 25.7 Å². The fourth-order valence-electron chi connectivity index (χ4n) is 2.47. The minimum atomic E-state index is -2.92. The molecule has 1 aliphatic heterocycles. The Morgan fingerprint density at radius 1 is 1.13 bits per heavy atom. The first-order valence-electron chi connectivity index (χ1n) is 5.46. The highest BCUT2D eigenvalue weighted by Crippen LogP contribution is 2.36. The summed E-state index contributed by atoms with van der Waals surface area (Å²) < 4.78 is 23.8. The fraction of sp³-hybridized carbons (Fsp3) is 1.00. The summed E-state index contributed by atoms with van der Waals surface area (Å²) in [5.41, 5.74) is -0.517. The van der Waals surface area contributed by atoms with Crippen LogP contribution in [-0.4, -0.2) is 42.9 Å². The molecule has 0 aromatic rings. The van der Waals surface area contributed by atoms with Crippen LogP contribution in [0.4, 0.5) is 0 Å². The van der Waals surface area contributed by atoms with E-state index in [-0.39, 0.29) is 22.6 Å². The first-order valence-corrected chi connectivity index (χ1v) is 7.28. The highest BCUT2D eigenvalue weighted by Gasteiger charge is 2.49. The molecule has 0 N–H and O–H groups in total. The average molecular weight is 233 g/mol. The average Bonchev–Trinajstić information content (AvgIpc) is 1.97. The summed E-state index contributed by atoms with van der Waals surface area (Å²) in [5.74, 6) is 0.869. The van der Waals surface area contributed by atoms with Gasteiger partial charge in [0.05, 0.1) is 11.5 Å². The Morgan fingerprint density at radius 3 is 2.00 bits per heavy atom. The summed E-state index contributed by atoms with van der Waals surface area (Å²) in [6.07, 6.45) is 0. The van der Waals surface area contributed by atoms with Gasteiger partial charge in [0.15, 0.2) is 9.84 Å². The maximum absolute atomic E-state index is 11.9. The SMILES string of the molecule is CC(C)C1(C)CS(=O)(=O)CC(C)(C)N1C. The summed E-state index contributed by atoms with van der Waals surface area (Å²) in [6.45, 7) is 10.2. The molecule has 0 bridgehead atoms. The molecule has 4 heteroatoms. The van der Waals surface area contributed by atoms with Crippen molar-refractivity contribution in [3.05, 3.63) is 0 Å². The number of hydrogen-bond acceptors (Lipinski definition) is 3. The predicted molar refractivity (Wildman–Crippen MR) is 63.7 cm³/mol. The van der Waals surface area contributed by atoms with E-state index in [1.165, 1.54) is 0 Å². The molecule has 3 nitrogen and oxygen atoms in total. The monoisotopic (exact) mass is 233 g/mol. The maximum Gasteiger partial charge on any atom is 0.153 e. The highest BCUT2D eigenvalue weighted by atomic mass is 32.2. The topological polar surface area (TPSA) is 37.4 Å². The Kier molecular flexibility index (Phi) is 2.99. The minimum Gasteiger partial charge on any atom is -0.294 e. The van der Waals surface area contributed by atoms with Crippen LogP contribution in [0, 0.1) is 5.92 Å². The van der Waals surface area contributed by atoms with Gasteiger partial charge in [0.2, 0.25) is 0 Å². The summed E-state index contributed by atoms with van der Waals surface area (Å²) in [5, 5.41) is 0. The molecule has 1 heterocycles. The summed E-state index contributed by atoms with van der Waals surface area (Å²) in [4.78, 5) is 2.23. The van der Waals surface area contributed by atoms with Crippen molar-refractivity contribution in [2.75, 3.05) is 18.6 Å². The normalized spacial score (nSPS) is 35.7. The van der Waals surface area contributed by atoms with Gasteiger partial charge in [-0.15, -0.1) is 0 Å². The summed E-state index contributed by atoms with van der Waals surface area (Å²) in [6, 6.07) is 0. The molecule has 0 aliphatic carbocycles. The predicted octanol–water partition coefficient (Wildman–Crippen LogP) is 1.54. The molecule has 0 amide bonds. The molecule has 0 aromatic heterocycles. The van der Waals surface area contributed by atoms with Crippen LogP contribution < -0.4 is 0 Å². The lowest BCUT2D eigenvalue weighted by Crippen LogP contribution is -2.67. The molecule has 1 unspecified atom stereocenters. The zero-order chi connectivity index (χ0) is 12.1. The second kappa shape index (κ2) is 3.45. The van der Waals surface area contributed by atoms with E-state index in [0.717, 1.165) is 0 Å². The third-order valence-electron chi connectivity index (χ3n) is 4.00. The van der Waals surface area contributed by atoms with Crippen molar-refractivity contribution in [1.29, 1.82) is 0 Å². The van der Waals surface area contributed by atoms with Crippen LogP contribution in [0.1, 0.15) is 34.6 Å². The Labute approximate surface area is 93.8 Å². The van der Waals surface area contributed by atoms with Crippen LogP contribution in [0.3, 0.4) is 0 Å². The summed E-state index contributed by atoms with van der Waals surface area (Å²) >= 11 is 0. The first kappa shape index (κ1) is 13.0. The largest absolute Gasteiger partial charge is 0.294 e. The van der Waals surface area contributed by atoms with E-state index in [1.807, 2.05) is 20.9 Å². The van der Waals surface area contributed by atoms with Gasteiger partial charge in [-0.25, -0.2) is 8.42 Å². The quantitative estimate of drug-likeness (QED) is 0.689. The molecule has 15 heavy (non-hydrogen) atoms. The van der Waals surface area contributed by atoms with Gasteiger partial charge in [0, 0.05) is 11.1 Å². The molecule has 1 rings (SSSR count). The molecular formula is C11H23NO2S. The van der Waals surface area contributed by atoms with Gasteiger partial charge in [-0.3, -0.25) is 4.90 Å². The molecule has 0 radical (unpaired) electrons. The molecule has 0 saturated carbocycles. The molecule has 0 spiro atoms. The lowest BCUT2D eigenvalue weighted by Gasteiger charge is -2.53. The second-order valence-electron chi connectivity index (χ2n) is 5.92. The van der Waals surface area contributed by atoms with E-state index >= 15 is 0 Å². The third kappa shape index (κ3) is 2.21. The van der Waals surface area contributed by atoms with Gasteiger partial charge in [-0.2, -0.15) is 0 Å². The van der Waals surface area contributed by atoms with Gasteiger partial charge >= 0.3 is 0 Å². The van der Waals surface area contributed by atoms with Crippen molar-refractivity contribution in [3.8, 4) is 0 Å². The zero-order valence-electron chi connectivity index (χ0n) is 10.7. The second-order valence-corrected chi connectivity index (χ2v) is 7.98. The van der Waals surface area contributed by atoms with Gasteiger partial charge in [0.1, 0.15) is 0 Å². The van der Waals surface area contributed by atoms with Crippen LogP contribution in [0.2, 0.25) is 0 Å².